The highest BCUT2D eigenvalue weighted by Gasteiger charge is 2.33. The summed E-state index contributed by atoms with van der Waals surface area (Å²) in [5.74, 6) is -0.629. The largest absolute Gasteiger partial charge is 0.348 e. The molecule has 102 valence electrons. The van der Waals surface area contributed by atoms with Gasteiger partial charge in [-0.2, -0.15) is 0 Å². The second-order valence-electron chi connectivity index (χ2n) is 4.67. The number of ether oxygens (including phenoxy) is 2. The van der Waals surface area contributed by atoms with E-state index >= 15 is 0 Å². The number of hydrogen-bond donors (Lipinski definition) is 1. The lowest BCUT2D eigenvalue weighted by Gasteiger charge is -2.17. The highest BCUT2D eigenvalue weighted by Crippen LogP contribution is 2.23. The minimum absolute atomic E-state index is 0.225. The van der Waals surface area contributed by atoms with E-state index < -0.39 is 15.8 Å². The zero-order valence-corrected chi connectivity index (χ0v) is 12.2. The molecule has 0 spiro atoms. The number of rotatable bonds is 4. The molecule has 1 aliphatic heterocycles. The highest BCUT2D eigenvalue weighted by molar-refractivity contribution is 7.91. The monoisotopic (exact) mass is 291 g/mol. The van der Waals surface area contributed by atoms with Crippen LogP contribution < -0.4 is 4.72 Å². The summed E-state index contributed by atoms with van der Waals surface area (Å²) >= 11 is 1.25. The van der Waals surface area contributed by atoms with E-state index in [9.17, 15) is 8.42 Å². The van der Waals surface area contributed by atoms with Crippen molar-refractivity contribution < 1.29 is 17.9 Å². The Labute approximate surface area is 111 Å². The van der Waals surface area contributed by atoms with Crippen LogP contribution in [0.15, 0.2) is 16.3 Å². The molecule has 18 heavy (non-hydrogen) atoms. The zero-order chi connectivity index (χ0) is 13.4. The van der Waals surface area contributed by atoms with Crippen molar-refractivity contribution in [1.29, 1.82) is 0 Å². The van der Waals surface area contributed by atoms with Crippen LogP contribution in [0.2, 0.25) is 0 Å². The van der Waals surface area contributed by atoms with Gasteiger partial charge in [0, 0.05) is 11.4 Å². The molecule has 1 saturated heterocycles. The van der Waals surface area contributed by atoms with Crippen LogP contribution in [0, 0.1) is 6.92 Å². The Bertz CT molecular complexity index is 521. The molecule has 1 fully saturated rings. The molecule has 1 aromatic heterocycles. The molecule has 0 aromatic carbocycles. The average Bonchev–Trinajstić information content (AvgIpc) is 2.82. The van der Waals surface area contributed by atoms with Crippen molar-refractivity contribution in [2.45, 2.75) is 36.9 Å². The van der Waals surface area contributed by atoms with Gasteiger partial charge < -0.3 is 9.47 Å². The maximum atomic E-state index is 12.0. The molecular weight excluding hydrogens is 274 g/mol. The molecule has 0 radical (unpaired) electrons. The molecule has 2 rings (SSSR count). The first kappa shape index (κ1) is 14.0. The van der Waals surface area contributed by atoms with Crippen molar-refractivity contribution in [2.24, 2.45) is 0 Å². The van der Waals surface area contributed by atoms with Crippen molar-refractivity contribution >= 4 is 21.4 Å². The van der Waals surface area contributed by atoms with Crippen LogP contribution in [0.25, 0.3) is 0 Å². The van der Waals surface area contributed by atoms with Gasteiger partial charge in [0.05, 0.1) is 12.7 Å². The first-order chi connectivity index (χ1) is 8.28. The van der Waals surface area contributed by atoms with Gasteiger partial charge in [-0.3, -0.25) is 0 Å². The van der Waals surface area contributed by atoms with Gasteiger partial charge in [0.1, 0.15) is 4.21 Å². The molecule has 1 aliphatic rings. The van der Waals surface area contributed by atoms with Gasteiger partial charge in [0.15, 0.2) is 5.79 Å². The molecule has 2 heterocycles. The maximum absolute atomic E-state index is 12.0. The number of thiophene rings is 1. The van der Waals surface area contributed by atoms with E-state index in [0.717, 1.165) is 4.88 Å². The molecule has 0 saturated carbocycles. The van der Waals surface area contributed by atoms with Crippen LogP contribution in [-0.4, -0.2) is 33.5 Å². The lowest BCUT2D eigenvalue weighted by atomic mass is 10.4. The van der Waals surface area contributed by atoms with Gasteiger partial charge in [0.25, 0.3) is 0 Å². The van der Waals surface area contributed by atoms with E-state index in [1.54, 1.807) is 12.1 Å². The fraction of sp³-hybridized carbons (Fsp3) is 0.636. The Morgan fingerprint density at radius 2 is 2.22 bits per heavy atom. The van der Waals surface area contributed by atoms with Gasteiger partial charge in [0.2, 0.25) is 10.0 Å². The number of hydrogen-bond acceptors (Lipinski definition) is 5. The average molecular weight is 291 g/mol. The number of sulfonamides is 1. The third-order valence-electron chi connectivity index (χ3n) is 2.55. The Balaban J connectivity index is 1.94. The first-order valence-corrected chi connectivity index (χ1v) is 7.96. The van der Waals surface area contributed by atoms with Gasteiger partial charge in [-0.1, -0.05) is 0 Å². The van der Waals surface area contributed by atoms with Gasteiger partial charge in [-0.25, -0.2) is 13.1 Å². The smallest absolute Gasteiger partial charge is 0.250 e. The molecule has 5 nitrogen and oxygen atoms in total. The van der Waals surface area contributed by atoms with E-state index in [4.69, 9.17) is 9.47 Å². The maximum Gasteiger partial charge on any atom is 0.250 e. The summed E-state index contributed by atoms with van der Waals surface area (Å²) in [5.41, 5.74) is 0. The summed E-state index contributed by atoms with van der Waals surface area (Å²) < 4.78 is 37.7. The number of aryl methyl sites for hydroxylation is 1. The van der Waals surface area contributed by atoms with Crippen LogP contribution in [-0.2, 0) is 19.5 Å². The summed E-state index contributed by atoms with van der Waals surface area (Å²) in [6, 6.07) is 3.40. The second kappa shape index (κ2) is 4.90. The predicted octanol–water partition coefficient (Wildman–Crippen LogP) is 1.49. The minimum Gasteiger partial charge on any atom is -0.348 e. The molecule has 0 aliphatic carbocycles. The number of nitrogens with one attached hydrogen (secondary N) is 1. The van der Waals surface area contributed by atoms with E-state index in [-0.39, 0.29) is 12.6 Å². The van der Waals surface area contributed by atoms with Crippen LogP contribution in [0.1, 0.15) is 18.7 Å². The van der Waals surface area contributed by atoms with Crippen molar-refractivity contribution in [3.8, 4) is 0 Å². The fourth-order valence-corrected chi connectivity index (χ4v) is 4.09. The summed E-state index contributed by atoms with van der Waals surface area (Å²) in [7, 11) is -3.43. The minimum atomic E-state index is -3.43. The Morgan fingerprint density at radius 3 is 2.72 bits per heavy atom. The molecule has 0 bridgehead atoms. The Morgan fingerprint density at radius 1 is 1.50 bits per heavy atom. The predicted molar refractivity (Wildman–Crippen MR) is 69.1 cm³/mol. The Hall–Kier alpha value is -0.470. The molecule has 1 aromatic rings. The standard InChI is InChI=1S/C11H17NO4S2/c1-8-4-5-10(17-8)18(13,14)12-6-9-7-15-11(2,3)16-9/h4-5,9,12H,6-7H2,1-3H3. The van der Waals surface area contributed by atoms with Crippen LogP contribution >= 0.6 is 11.3 Å². The van der Waals surface area contributed by atoms with Gasteiger partial charge >= 0.3 is 0 Å². The van der Waals surface area contributed by atoms with E-state index in [0.29, 0.717) is 10.8 Å². The molecular formula is C11H17NO4S2. The van der Waals surface area contributed by atoms with Crippen molar-refractivity contribution in [3.05, 3.63) is 17.0 Å². The zero-order valence-electron chi connectivity index (χ0n) is 10.6. The molecule has 7 heteroatoms. The molecule has 1 unspecified atom stereocenters. The van der Waals surface area contributed by atoms with Crippen LogP contribution in [0.3, 0.4) is 0 Å². The van der Waals surface area contributed by atoms with Crippen molar-refractivity contribution in [3.63, 3.8) is 0 Å². The quantitative estimate of drug-likeness (QED) is 0.913. The van der Waals surface area contributed by atoms with Gasteiger partial charge in [-0.15, -0.1) is 11.3 Å². The van der Waals surface area contributed by atoms with E-state index in [1.807, 2.05) is 20.8 Å². The third-order valence-corrected chi connectivity index (χ3v) is 5.46. The fourth-order valence-electron chi connectivity index (χ4n) is 1.69. The Kier molecular flexibility index (Phi) is 3.80. The van der Waals surface area contributed by atoms with Gasteiger partial charge in [-0.05, 0) is 32.9 Å². The molecule has 1 atom stereocenters. The molecule has 1 N–H and O–H groups in total. The topological polar surface area (TPSA) is 64.6 Å². The van der Waals surface area contributed by atoms with Crippen LogP contribution in [0.4, 0.5) is 0 Å². The van der Waals surface area contributed by atoms with E-state index in [2.05, 4.69) is 4.72 Å². The SMILES string of the molecule is Cc1ccc(S(=O)(=O)NCC2COC(C)(C)O2)s1. The van der Waals surface area contributed by atoms with Crippen molar-refractivity contribution in [1.82, 2.24) is 4.72 Å². The van der Waals surface area contributed by atoms with Crippen LogP contribution in [0.5, 0.6) is 0 Å². The normalized spacial score (nSPS) is 23.4. The lowest BCUT2D eigenvalue weighted by molar-refractivity contribution is -0.137. The summed E-state index contributed by atoms with van der Waals surface area (Å²) in [5, 5.41) is 0. The third kappa shape index (κ3) is 3.30. The first-order valence-electron chi connectivity index (χ1n) is 5.66. The highest BCUT2D eigenvalue weighted by atomic mass is 32.2. The van der Waals surface area contributed by atoms with Crippen molar-refractivity contribution in [2.75, 3.05) is 13.2 Å². The summed E-state index contributed by atoms with van der Waals surface area (Å²) in [6.45, 7) is 6.12. The van der Waals surface area contributed by atoms with E-state index in [1.165, 1.54) is 11.3 Å². The lowest BCUT2D eigenvalue weighted by Crippen LogP contribution is -2.34. The second-order valence-corrected chi connectivity index (χ2v) is 7.95. The summed E-state index contributed by atoms with van der Waals surface area (Å²) in [4.78, 5) is 0.969. The summed E-state index contributed by atoms with van der Waals surface area (Å²) in [6.07, 6.45) is -0.240. The molecule has 0 amide bonds.